The summed E-state index contributed by atoms with van der Waals surface area (Å²) in [6, 6.07) is 14.2. The van der Waals surface area contributed by atoms with Crippen molar-refractivity contribution in [3.05, 3.63) is 86.5 Å². The van der Waals surface area contributed by atoms with E-state index in [0.717, 1.165) is 62.8 Å². The third-order valence-corrected chi connectivity index (χ3v) is 9.03. The van der Waals surface area contributed by atoms with Crippen molar-refractivity contribution >= 4 is 11.4 Å². The molecule has 2 aromatic carbocycles. The van der Waals surface area contributed by atoms with E-state index in [-0.39, 0.29) is 0 Å². The molecule has 0 aromatic heterocycles. The molecule has 0 saturated heterocycles. The average Bonchev–Trinajstić information content (AvgIpc) is 3.33. The van der Waals surface area contributed by atoms with Crippen molar-refractivity contribution in [1.82, 2.24) is 0 Å². The Hall–Kier alpha value is -1.99. The zero-order valence-electron chi connectivity index (χ0n) is 30.4. The van der Waals surface area contributed by atoms with Gasteiger partial charge in [-0.2, -0.15) is 0 Å². The SMILES string of the molecule is CCCCCCCCC1=C(c2cc(CC)cc(CCCC)c2)[N+](=[N-])C(c2cc(CC)cc(CCCC)c2)=C1CCCC.[CH3][Ni][CH3]. The van der Waals surface area contributed by atoms with E-state index in [1.807, 2.05) is 0 Å². The van der Waals surface area contributed by atoms with Gasteiger partial charge in [-0.15, -0.1) is 0 Å². The van der Waals surface area contributed by atoms with Crippen LogP contribution in [-0.2, 0) is 40.1 Å². The molecule has 1 aliphatic heterocycles. The van der Waals surface area contributed by atoms with E-state index in [2.05, 4.69) is 89.7 Å². The Morgan fingerprint density at radius 3 is 1.24 bits per heavy atom. The van der Waals surface area contributed by atoms with Crippen molar-refractivity contribution in [2.24, 2.45) is 0 Å². The second-order valence-corrected chi connectivity index (χ2v) is 13.9. The number of benzene rings is 2. The Bertz CT molecular complexity index is 1240. The predicted octanol–water partition coefficient (Wildman–Crippen LogP) is 13.8. The molecule has 0 saturated carbocycles. The first-order chi connectivity index (χ1) is 21.9. The Labute approximate surface area is 284 Å². The molecule has 0 spiro atoms. The molecule has 0 atom stereocenters. The average molecular weight is 658 g/mol. The summed E-state index contributed by atoms with van der Waals surface area (Å²) in [7, 11) is 0. The molecular weight excluding hydrogens is 591 g/mol. The molecular formula is C42H66N2Ni. The van der Waals surface area contributed by atoms with Crippen LogP contribution in [0.15, 0.2) is 47.5 Å². The molecule has 2 nitrogen and oxygen atoms in total. The van der Waals surface area contributed by atoms with Gasteiger partial charge in [0.2, 0.25) is 11.4 Å². The molecule has 2 aromatic rings. The number of nitrogens with zero attached hydrogens (tertiary/aromatic N) is 2. The molecule has 0 unspecified atom stereocenters. The Balaban J connectivity index is 0.00000226. The van der Waals surface area contributed by atoms with Gasteiger partial charge in [-0.1, -0.05) is 105 Å². The van der Waals surface area contributed by atoms with Crippen LogP contribution < -0.4 is 0 Å². The first-order valence-corrected chi connectivity index (χ1v) is 20.3. The summed E-state index contributed by atoms with van der Waals surface area (Å²) in [4.78, 5) is 0. The monoisotopic (exact) mass is 656 g/mol. The summed E-state index contributed by atoms with van der Waals surface area (Å²) >= 11 is 1.62. The number of aryl methyl sites for hydroxylation is 4. The van der Waals surface area contributed by atoms with E-state index in [1.54, 1.807) is 19.1 Å². The molecule has 0 fully saturated rings. The first-order valence-electron chi connectivity index (χ1n) is 18.4. The minimum atomic E-state index is 1.01. The van der Waals surface area contributed by atoms with Gasteiger partial charge < -0.3 is 5.53 Å². The molecule has 3 rings (SSSR count). The van der Waals surface area contributed by atoms with E-state index in [0.29, 0.717) is 0 Å². The fraction of sp³-hybridized carbons (Fsp3) is 0.619. The summed E-state index contributed by atoms with van der Waals surface area (Å²) in [6.07, 6.45) is 21.1. The predicted molar refractivity (Wildman–Crippen MR) is 196 cm³/mol. The van der Waals surface area contributed by atoms with Gasteiger partial charge in [0.05, 0.1) is 0 Å². The van der Waals surface area contributed by atoms with Crippen LogP contribution in [0, 0.1) is 0 Å². The van der Waals surface area contributed by atoms with E-state index >= 15 is 0 Å². The van der Waals surface area contributed by atoms with Crippen molar-refractivity contribution in [2.75, 3.05) is 0 Å². The van der Waals surface area contributed by atoms with Crippen molar-refractivity contribution in [3.8, 4) is 0 Å². The summed E-state index contributed by atoms with van der Waals surface area (Å²) < 4.78 is 1.62. The minimum absolute atomic E-state index is 1.01. The topological polar surface area (TPSA) is 25.3 Å². The standard InChI is InChI=1S/C40H60N2.2CH3.Ni/c1-7-13-17-18-19-20-24-38-37(23-16-10-4)39(35-27-31(11-5)25-33(29-35)21-14-8-2)42(41)40(38)36-28-32(12-6)26-34(30-36)22-15-9-3;;;/h25-30H,7-24H2,1-6H3;2*1H3;. The summed E-state index contributed by atoms with van der Waals surface area (Å²) in [5.74, 6) is 4.12. The van der Waals surface area contributed by atoms with Gasteiger partial charge in [0.25, 0.3) is 0 Å². The van der Waals surface area contributed by atoms with E-state index < -0.39 is 0 Å². The summed E-state index contributed by atoms with van der Waals surface area (Å²) in [6.45, 7) is 13.6. The van der Waals surface area contributed by atoms with Crippen molar-refractivity contribution in [1.29, 1.82) is 0 Å². The third kappa shape index (κ3) is 12.3. The van der Waals surface area contributed by atoms with Gasteiger partial charge in [0, 0.05) is 22.3 Å². The maximum absolute atomic E-state index is 12.2. The van der Waals surface area contributed by atoms with E-state index in [4.69, 9.17) is 0 Å². The number of hydrogen-bond donors (Lipinski definition) is 0. The van der Waals surface area contributed by atoms with Crippen molar-refractivity contribution in [2.45, 2.75) is 169 Å². The van der Waals surface area contributed by atoms with E-state index in [1.165, 1.54) is 109 Å². The molecule has 0 bridgehead atoms. The van der Waals surface area contributed by atoms with Gasteiger partial charge in [-0.05, 0) is 111 Å². The van der Waals surface area contributed by atoms with Crippen LogP contribution >= 0.6 is 0 Å². The maximum atomic E-state index is 12.2. The molecule has 254 valence electrons. The molecule has 0 aliphatic carbocycles. The molecule has 3 heteroatoms. The van der Waals surface area contributed by atoms with Crippen LogP contribution in [0.5, 0.6) is 0 Å². The van der Waals surface area contributed by atoms with Gasteiger partial charge >= 0.3 is 26.2 Å². The molecule has 1 aliphatic rings. The van der Waals surface area contributed by atoms with Crippen LogP contribution in [0.3, 0.4) is 0 Å². The number of hydrogen-bond acceptors (Lipinski definition) is 0. The third-order valence-electron chi connectivity index (χ3n) is 9.03. The quantitative estimate of drug-likeness (QED) is 0.0769. The van der Waals surface area contributed by atoms with Crippen molar-refractivity contribution in [3.63, 3.8) is 0 Å². The number of allylic oxidation sites excluding steroid dienone is 2. The van der Waals surface area contributed by atoms with Crippen LogP contribution in [0.4, 0.5) is 0 Å². The zero-order valence-corrected chi connectivity index (χ0v) is 31.4. The Kier molecular flexibility index (Phi) is 19.6. The fourth-order valence-corrected chi connectivity index (χ4v) is 6.48. The van der Waals surface area contributed by atoms with Crippen LogP contribution in [0.1, 0.15) is 165 Å². The van der Waals surface area contributed by atoms with Crippen LogP contribution in [-0.4, -0.2) is 4.70 Å². The molecule has 0 radical (unpaired) electrons. The Morgan fingerprint density at radius 1 is 0.467 bits per heavy atom. The van der Waals surface area contributed by atoms with E-state index in [9.17, 15) is 5.53 Å². The molecule has 0 N–H and O–H groups in total. The second-order valence-electron chi connectivity index (χ2n) is 12.9. The zero-order chi connectivity index (χ0) is 33.0. The van der Waals surface area contributed by atoms with Crippen LogP contribution in [0.25, 0.3) is 16.9 Å². The van der Waals surface area contributed by atoms with Crippen molar-refractivity contribution < 1.29 is 19.1 Å². The summed E-state index contributed by atoms with van der Waals surface area (Å²) in [5.41, 5.74) is 25.1. The molecule has 1 heterocycles. The summed E-state index contributed by atoms with van der Waals surface area (Å²) in [5, 5.41) is 0. The normalized spacial score (nSPS) is 13.2. The fourth-order valence-electron chi connectivity index (χ4n) is 6.48. The molecule has 0 amide bonds. The van der Waals surface area contributed by atoms with Crippen LogP contribution in [0.2, 0.25) is 11.8 Å². The second kappa shape index (κ2) is 22.5. The van der Waals surface area contributed by atoms with Gasteiger partial charge in [-0.3, -0.25) is 0 Å². The van der Waals surface area contributed by atoms with Gasteiger partial charge in [0.15, 0.2) is 0 Å². The number of unbranched alkanes of at least 4 members (excludes halogenated alkanes) is 8. The van der Waals surface area contributed by atoms with Gasteiger partial charge in [0.1, 0.15) is 0 Å². The first kappa shape index (κ1) is 39.2. The number of rotatable bonds is 20. The Morgan fingerprint density at radius 2 is 0.822 bits per heavy atom. The molecule has 45 heavy (non-hydrogen) atoms. The van der Waals surface area contributed by atoms with Gasteiger partial charge in [-0.25, -0.2) is 4.70 Å².